The third-order valence-corrected chi connectivity index (χ3v) is 4.44. The first-order valence-corrected chi connectivity index (χ1v) is 8.68. The Morgan fingerprint density at radius 2 is 1.76 bits per heavy atom. The number of rotatable bonds is 7. The Bertz CT molecular complexity index is 1010. The van der Waals surface area contributed by atoms with Crippen LogP contribution in [0.2, 0.25) is 0 Å². The van der Waals surface area contributed by atoms with E-state index in [1.807, 2.05) is 7.05 Å². The molecule has 2 aromatic carbocycles. The van der Waals surface area contributed by atoms with E-state index in [1.165, 1.54) is 24.3 Å². The van der Waals surface area contributed by atoms with Gasteiger partial charge in [-0.25, -0.2) is 4.98 Å². The molecule has 3 rings (SSSR count). The molecule has 0 aliphatic rings. The van der Waals surface area contributed by atoms with Gasteiger partial charge in [-0.1, -0.05) is 0 Å². The van der Waals surface area contributed by atoms with Crippen molar-refractivity contribution in [2.45, 2.75) is 6.04 Å². The zero-order valence-corrected chi connectivity index (χ0v) is 16.2. The molecule has 1 atom stereocenters. The van der Waals surface area contributed by atoms with Gasteiger partial charge in [-0.2, -0.15) is 0 Å². The normalized spacial score (nSPS) is 11.6. The van der Waals surface area contributed by atoms with Gasteiger partial charge in [0.1, 0.15) is 23.4 Å². The van der Waals surface area contributed by atoms with Crippen LogP contribution in [0, 0.1) is 10.1 Å². The molecule has 0 bridgehead atoms. The van der Waals surface area contributed by atoms with Gasteiger partial charge >= 0.3 is 0 Å². The molecule has 0 saturated heterocycles. The molecule has 3 aromatic rings. The summed E-state index contributed by atoms with van der Waals surface area (Å²) in [6.07, 6.45) is 3.41. The van der Waals surface area contributed by atoms with Crippen molar-refractivity contribution in [3.63, 3.8) is 0 Å². The first-order chi connectivity index (χ1) is 13.9. The largest absolute Gasteiger partial charge is 0.497 e. The molecule has 0 aliphatic heterocycles. The van der Waals surface area contributed by atoms with Gasteiger partial charge in [0.2, 0.25) is 0 Å². The molecule has 1 aromatic heterocycles. The van der Waals surface area contributed by atoms with Crippen LogP contribution in [-0.4, -0.2) is 34.6 Å². The van der Waals surface area contributed by atoms with Crippen LogP contribution in [0.25, 0.3) is 0 Å². The van der Waals surface area contributed by atoms with Gasteiger partial charge in [0.25, 0.3) is 11.6 Å². The van der Waals surface area contributed by atoms with E-state index in [9.17, 15) is 14.9 Å². The van der Waals surface area contributed by atoms with E-state index in [1.54, 1.807) is 49.4 Å². The number of non-ortho nitro benzene ring substituents is 1. The summed E-state index contributed by atoms with van der Waals surface area (Å²) in [4.78, 5) is 27.5. The molecule has 1 N–H and O–H groups in total. The third-order valence-electron chi connectivity index (χ3n) is 4.44. The quantitative estimate of drug-likeness (QED) is 0.486. The maximum atomic E-state index is 12.8. The van der Waals surface area contributed by atoms with Gasteiger partial charge in [0.15, 0.2) is 0 Å². The lowest BCUT2D eigenvalue weighted by Gasteiger charge is -2.20. The summed E-state index contributed by atoms with van der Waals surface area (Å²) in [5, 5.41) is 13.8. The lowest BCUT2D eigenvalue weighted by Crippen LogP contribution is -2.31. The van der Waals surface area contributed by atoms with Crippen LogP contribution in [0.5, 0.6) is 11.5 Å². The average molecular weight is 396 g/mol. The number of hydrogen-bond donors (Lipinski definition) is 1. The summed E-state index contributed by atoms with van der Waals surface area (Å²) in [5.74, 6) is 1.36. The van der Waals surface area contributed by atoms with E-state index in [-0.39, 0.29) is 5.69 Å². The van der Waals surface area contributed by atoms with Crippen LogP contribution in [0.4, 0.5) is 5.69 Å². The highest BCUT2D eigenvalue weighted by atomic mass is 16.6. The number of nitro benzene ring substituents is 1. The number of hydrogen-bond acceptors (Lipinski definition) is 6. The van der Waals surface area contributed by atoms with E-state index >= 15 is 0 Å². The number of benzene rings is 2. The minimum Gasteiger partial charge on any atom is -0.497 e. The van der Waals surface area contributed by atoms with Crippen molar-refractivity contribution in [2.24, 2.45) is 7.05 Å². The van der Waals surface area contributed by atoms with Crippen molar-refractivity contribution in [3.8, 4) is 11.5 Å². The summed E-state index contributed by atoms with van der Waals surface area (Å²) in [6.45, 7) is 0. The minimum atomic E-state index is -0.596. The predicted octanol–water partition coefficient (Wildman–Crippen LogP) is 2.86. The Hall–Kier alpha value is -3.88. The highest BCUT2D eigenvalue weighted by Gasteiger charge is 2.23. The third kappa shape index (κ3) is 4.34. The number of ether oxygens (including phenoxy) is 2. The molecule has 1 amide bonds. The summed E-state index contributed by atoms with van der Waals surface area (Å²) in [5.41, 5.74) is 0.926. The second kappa shape index (κ2) is 8.42. The van der Waals surface area contributed by atoms with Crippen molar-refractivity contribution in [2.75, 3.05) is 14.2 Å². The average Bonchev–Trinajstić information content (AvgIpc) is 3.16. The Morgan fingerprint density at radius 3 is 2.24 bits per heavy atom. The fraction of sp³-hybridized carbons (Fsp3) is 0.200. The first-order valence-electron chi connectivity index (χ1n) is 8.68. The maximum absolute atomic E-state index is 12.8. The van der Waals surface area contributed by atoms with Crippen LogP contribution in [-0.2, 0) is 7.05 Å². The van der Waals surface area contributed by atoms with E-state index in [0.29, 0.717) is 28.5 Å². The molecule has 0 saturated carbocycles. The number of amides is 1. The topological polar surface area (TPSA) is 109 Å². The summed E-state index contributed by atoms with van der Waals surface area (Å²) in [7, 11) is 4.92. The van der Waals surface area contributed by atoms with Crippen molar-refractivity contribution < 1.29 is 19.2 Å². The zero-order chi connectivity index (χ0) is 21.0. The van der Waals surface area contributed by atoms with Crippen LogP contribution < -0.4 is 14.8 Å². The van der Waals surface area contributed by atoms with E-state index in [2.05, 4.69) is 10.3 Å². The molecule has 1 unspecified atom stereocenters. The highest BCUT2D eigenvalue weighted by Crippen LogP contribution is 2.29. The monoisotopic (exact) mass is 396 g/mol. The molecular formula is C20H20N4O5. The predicted molar refractivity (Wildman–Crippen MR) is 105 cm³/mol. The summed E-state index contributed by atoms with van der Waals surface area (Å²) < 4.78 is 12.5. The number of aryl methyl sites for hydroxylation is 1. The zero-order valence-electron chi connectivity index (χ0n) is 16.2. The van der Waals surface area contributed by atoms with Crippen LogP contribution in [0.1, 0.15) is 27.8 Å². The second-order valence-electron chi connectivity index (χ2n) is 6.25. The molecular weight excluding hydrogens is 376 g/mol. The lowest BCUT2D eigenvalue weighted by atomic mass is 10.0. The Labute approximate surface area is 167 Å². The molecule has 29 heavy (non-hydrogen) atoms. The highest BCUT2D eigenvalue weighted by molar-refractivity contribution is 5.94. The van der Waals surface area contributed by atoms with Gasteiger partial charge in [-0.15, -0.1) is 0 Å². The Morgan fingerprint density at radius 1 is 1.14 bits per heavy atom. The fourth-order valence-electron chi connectivity index (χ4n) is 2.90. The first kappa shape index (κ1) is 19.9. The molecule has 0 radical (unpaired) electrons. The molecule has 1 heterocycles. The maximum Gasteiger partial charge on any atom is 0.269 e. The molecule has 0 aliphatic carbocycles. The molecule has 150 valence electrons. The smallest absolute Gasteiger partial charge is 0.269 e. The molecule has 9 heteroatoms. The Kier molecular flexibility index (Phi) is 5.77. The number of carbonyl (C=O) groups is 1. The van der Waals surface area contributed by atoms with Crippen molar-refractivity contribution >= 4 is 11.6 Å². The Balaban J connectivity index is 1.98. The lowest BCUT2D eigenvalue weighted by molar-refractivity contribution is -0.384. The van der Waals surface area contributed by atoms with Gasteiger partial charge in [-0.3, -0.25) is 14.9 Å². The van der Waals surface area contributed by atoms with Gasteiger partial charge in [-0.05, 0) is 29.8 Å². The number of methoxy groups -OCH3 is 2. The van der Waals surface area contributed by atoms with Gasteiger partial charge in [0.05, 0.1) is 19.1 Å². The molecule has 0 fully saturated rings. The number of nitrogens with zero attached hydrogens (tertiary/aromatic N) is 3. The minimum absolute atomic E-state index is 0.0836. The van der Waals surface area contributed by atoms with Crippen molar-refractivity contribution in [1.82, 2.24) is 14.9 Å². The van der Waals surface area contributed by atoms with Gasteiger partial charge in [0, 0.05) is 43.2 Å². The fourth-order valence-corrected chi connectivity index (χ4v) is 2.90. The molecule has 9 nitrogen and oxygen atoms in total. The van der Waals surface area contributed by atoms with Crippen LogP contribution in [0.15, 0.2) is 54.9 Å². The summed E-state index contributed by atoms with van der Waals surface area (Å²) in [6, 6.07) is 10.1. The molecule has 0 spiro atoms. The SMILES string of the molecule is COc1cc(OC)cc(C(NC(=O)c2ccc([N+](=O)[O-])cc2)c2nccn2C)c1. The van der Waals surface area contributed by atoms with E-state index in [0.717, 1.165) is 0 Å². The summed E-state index contributed by atoms with van der Waals surface area (Å²) >= 11 is 0. The number of aromatic nitrogens is 2. The number of nitrogens with one attached hydrogen (secondary N) is 1. The number of imidazole rings is 1. The van der Waals surface area contributed by atoms with Crippen LogP contribution >= 0.6 is 0 Å². The second-order valence-corrected chi connectivity index (χ2v) is 6.25. The standard InChI is InChI=1S/C20H20N4O5/c1-23-9-8-21-19(23)18(14-10-16(28-2)12-17(11-14)29-3)22-20(25)13-4-6-15(7-5-13)24(26)27/h4-12,18H,1-3H3,(H,22,25). The van der Waals surface area contributed by atoms with Crippen molar-refractivity contribution in [1.29, 1.82) is 0 Å². The number of nitro groups is 1. The van der Waals surface area contributed by atoms with Crippen LogP contribution in [0.3, 0.4) is 0 Å². The van der Waals surface area contributed by atoms with E-state index < -0.39 is 16.9 Å². The van der Waals surface area contributed by atoms with E-state index in [4.69, 9.17) is 9.47 Å². The van der Waals surface area contributed by atoms with Gasteiger partial charge < -0.3 is 19.4 Å². The number of carbonyl (C=O) groups excluding carboxylic acids is 1. The van der Waals surface area contributed by atoms with Crippen molar-refractivity contribution in [3.05, 3.63) is 81.9 Å².